The van der Waals surface area contributed by atoms with Crippen molar-refractivity contribution >= 4 is 38.6 Å². The molecule has 0 aliphatic heterocycles. The van der Waals surface area contributed by atoms with E-state index in [1.807, 2.05) is 44.2 Å². The van der Waals surface area contributed by atoms with E-state index in [0.29, 0.717) is 28.8 Å². The van der Waals surface area contributed by atoms with Gasteiger partial charge in [-0.25, -0.2) is 4.98 Å². The molecule has 0 radical (unpaired) electrons. The van der Waals surface area contributed by atoms with Gasteiger partial charge in [0.2, 0.25) is 5.89 Å². The van der Waals surface area contributed by atoms with Crippen LogP contribution in [0.15, 0.2) is 57.4 Å². The van der Waals surface area contributed by atoms with E-state index in [1.54, 1.807) is 13.2 Å². The Morgan fingerprint density at radius 1 is 1.06 bits per heavy atom. The zero-order valence-electron chi connectivity index (χ0n) is 18.7. The molecule has 0 atom stereocenters. The molecule has 0 aliphatic rings. The van der Waals surface area contributed by atoms with E-state index < -0.39 is 0 Å². The van der Waals surface area contributed by atoms with Gasteiger partial charge in [-0.3, -0.25) is 4.79 Å². The SMILES string of the molecule is COc1c(C)cc(Br)cc1C(=O)Nc1cc(-c2nc3cc(C(C)C)ccc3o2)ccc1C. The Bertz CT molecular complexity index is 1320. The molecule has 0 spiro atoms. The minimum Gasteiger partial charge on any atom is -0.496 e. The summed E-state index contributed by atoms with van der Waals surface area (Å²) in [5.74, 6) is 1.25. The van der Waals surface area contributed by atoms with E-state index >= 15 is 0 Å². The number of amides is 1. The summed E-state index contributed by atoms with van der Waals surface area (Å²) in [4.78, 5) is 17.8. The molecule has 0 fully saturated rings. The van der Waals surface area contributed by atoms with Gasteiger partial charge in [0.25, 0.3) is 5.91 Å². The lowest BCUT2D eigenvalue weighted by Crippen LogP contribution is -2.14. The summed E-state index contributed by atoms with van der Waals surface area (Å²) >= 11 is 3.46. The monoisotopic (exact) mass is 492 g/mol. The maximum atomic E-state index is 13.1. The highest BCUT2D eigenvalue weighted by molar-refractivity contribution is 9.10. The molecule has 1 aromatic heterocycles. The van der Waals surface area contributed by atoms with Crippen molar-refractivity contribution in [2.45, 2.75) is 33.6 Å². The van der Waals surface area contributed by atoms with Gasteiger partial charge in [-0.15, -0.1) is 0 Å². The molecule has 164 valence electrons. The fourth-order valence-electron chi connectivity index (χ4n) is 3.68. The van der Waals surface area contributed by atoms with Crippen LogP contribution in [-0.4, -0.2) is 18.0 Å². The zero-order valence-corrected chi connectivity index (χ0v) is 20.3. The molecule has 4 rings (SSSR count). The number of aryl methyl sites for hydroxylation is 2. The normalized spacial score (nSPS) is 11.2. The van der Waals surface area contributed by atoms with Crippen LogP contribution in [0.2, 0.25) is 0 Å². The number of methoxy groups -OCH3 is 1. The molecule has 6 heteroatoms. The van der Waals surface area contributed by atoms with E-state index in [2.05, 4.69) is 52.2 Å². The quantitative estimate of drug-likeness (QED) is 0.318. The average Bonchev–Trinajstić information content (AvgIpc) is 3.18. The van der Waals surface area contributed by atoms with Gasteiger partial charge in [-0.2, -0.15) is 0 Å². The number of aromatic nitrogens is 1. The maximum Gasteiger partial charge on any atom is 0.259 e. The average molecular weight is 493 g/mol. The van der Waals surface area contributed by atoms with Crippen molar-refractivity contribution < 1.29 is 13.9 Å². The molecule has 0 saturated heterocycles. The molecule has 5 nitrogen and oxygen atoms in total. The summed E-state index contributed by atoms with van der Waals surface area (Å²) in [6, 6.07) is 15.5. The largest absolute Gasteiger partial charge is 0.496 e. The van der Waals surface area contributed by atoms with Crippen molar-refractivity contribution in [2.24, 2.45) is 0 Å². The molecule has 1 amide bonds. The Morgan fingerprint density at radius 3 is 2.56 bits per heavy atom. The Labute approximate surface area is 195 Å². The van der Waals surface area contributed by atoms with Crippen molar-refractivity contribution in [3.8, 4) is 17.2 Å². The van der Waals surface area contributed by atoms with Gasteiger partial charge in [0, 0.05) is 15.7 Å². The number of anilines is 1. The van der Waals surface area contributed by atoms with Crippen LogP contribution in [0.25, 0.3) is 22.6 Å². The molecule has 4 aromatic rings. The fraction of sp³-hybridized carbons (Fsp3) is 0.231. The first kappa shape index (κ1) is 22.1. The van der Waals surface area contributed by atoms with Gasteiger partial charge in [-0.05, 0) is 72.9 Å². The zero-order chi connectivity index (χ0) is 23.0. The number of hydrogen-bond donors (Lipinski definition) is 1. The molecule has 0 unspecified atom stereocenters. The minimum atomic E-state index is -0.245. The van der Waals surface area contributed by atoms with Crippen molar-refractivity contribution in [1.29, 1.82) is 0 Å². The fourth-order valence-corrected chi connectivity index (χ4v) is 4.25. The summed E-state index contributed by atoms with van der Waals surface area (Å²) < 4.78 is 12.3. The smallest absolute Gasteiger partial charge is 0.259 e. The second-order valence-electron chi connectivity index (χ2n) is 8.19. The number of ether oxygens (including phenoxy) is 1. The van der Waals surface area contributed by atoms with Gasteiger partial charge in [0.1, 0.15) is 11.3 Å². The van der Waals surface area contributed by atoms with Crippen LogP contribution in [0.5, 0.6) is 5.75 Å². The number of oxazole rings is 1. The number of fused-ring (bicyclic) bond motifs is 1. The van der Waals surface area contributed by atoms with Crippen LogP contribution in [0.4, 0.5) is 5.69 Å². The Kier molecular flexibility index (Phi) is 6.07. The summed E-state index contributed by atoms with van der Waals surface area (Å²) in [6.45, 7) is 8.16. The van der Waals surface area contributed by atoms with Crippen molar-refractivity contribution in [3.05, 3.63) is 75.3 Å². The van der Waals surface area contributed by atoms with E-state index in [4.69, 9.17) is 9.15 Å². The number of halogens is 1. The number of carbonyl (C=O) groups excluding carboxylic acids is 1. The van der Waals surface area contributed by atoms with Crippen molar-refractivity contribution in [2.75, 3.05) is 12.4 Å². The first-order valence-electron chi connectivity index (χ1n) is 10.4. The molecular weight excluding hydrogens is 468 g/mol. The highest BCUT2D eigenvalue weighted by Gasteiger charge is 2.18. The molecule has 0 aliphatic carbocycles. The molecular formula is C26H25BrN2O3. The molecule has 0 saturated carbocycles. The predicted molar refractivity (Wildman–Crippen MR) is 132 cm³/mol. The lowest BCUT2D eigenvalue weighted by atomic mass is 10.0. The van der Waals surface area contributed by atoms with E-state index in [-0.39, 0.29) is 5.91 Å². The number of nitrogens with zero attached hydrogens (tertiary/aromatic N) is 1. The second-order valence-corrected chi connectivity index (χ2v) is 9.10. The van der Waals surface area contributed by atoms with Gasteiger partial charge in [0.05, 0.1) is 12.7 Å². The third-order valence-electron chi connectivity index (χ3n) is 5.50. The van der Waals surface area contributed by atoms with E-state index in [1.165, 1.54) is 5.56 Å². The first-order chi connectivity index (χ1) is 15.3. The van der Waals surface area contributed by atoms with Gasteiger partial charge >= 0.3 is 0 Å². The first-order valence-corrected chi connectivity index (χ1v) is 11.2. The van der Waals surface area contributed by atoms with E-state index in [9.17, 15) is 4.79 Å². The van der Waals surface area contributed by atoms with Gasteiger partial charge in [-0.1, -0.05) is 41.9 Å². The van der Waals surface area contributed by atoms with Gasteiger partial charge < -0.3 is 14.5 Å². The van der Waals surface area contributed by atoms with Crippen molar-refractivity contribution in [3.63, 3.8) is 0 Å². The number of rotatable bonds is 5. The van der Waals surface area contributed by atoms with Crippen LogP contribution in [0.3, 0.4) is 0 Å². The summed E-state index contributed by atoms with van der Waals surface area (Å²) in [5, 5.41) is 3.01. The lowest BCUT2D eigenvalue weighted by Gasteiger charge is -2.14. The molecule has 1 N–H and O–H groups in total. The van der Waals surface area contributed by atoms with Crippen LogP contribution >= 0.6 is 15.9 Å². The third kappa shape index (κ3) is 4.28. The summed E-state index contributed by atoms with van der Waals surface area (Å²) in [5.41, 5.74) is 6.55. The summed E-state index contributed by atoms with van der Waals surface area (Å²) in [6.07, 6.45) is 0. The van der Waals surface area contributed by atoms with Crippen LogP contribution in [0.1, 0.15) is 46.8 Å². The number of benzene rings is 3. The molecule has 32 heavy (non-hydrogen) atoms. The Hall–Kier alpha value is -3.12. The van der Waals surface area contributed by atoms with Crippen LogP contribution in [-0.2, 0) is 0 Å². The number of hydrogen-bond acceptors (Lipinski definition) is 4. The lowest BCUT2D eigenvalue weighted by molar-refractivity contribution is 0.102. The summed E-state index contributed by atoms with van der Waals surface area (Å²) in [7, 11) is 1.57. The van der Waals surface area contributed by atoms with Crippen molar-refractivity contribution in [1.82, 2.24) is 4.98 Å². The maximum absolute atomic E-state index is 13.1. The number of carbonyl (C=O) groups is 1. The molecule has 3 aromatic carbocycles. The topological polar surface area (TPSA) is 64.4 Å². The number of nitrogens with one attached hydrogen (secondary N) is 1. The van der Waals surface area contributed by atoms with Gasteiger partial charge in [0.15, 0.2) is 5.58 Å². The van der Waals surface area contributed by atoms with Crippen LogP contribution in [0, 0.1) is 13.8 Å². The van der Waals surface area contributed by atoms with E-state index in [0.717, 1.165) is 32.3 Å². The standard InChI is InChI=1S/C26H25BrN2O3/c1-14(2)17-8-9-23-22(11-17)29-26(32-23)18-7-6-15(3)21(12-18)28-25(30)20-13-19(27)10-16(4)24(20)31-5/h6-14H,1-5H3,(H,28,30). The Balaban J connectivity index is 1.68. The Morgan fingerprint density at radius 2 is 1.84 bits per heavy atom. The molecule has 1 heterocycles. The third-order valence-corrected chi connectivity index (χ3v) is 5.96. The highest BCUT2D eigenvalue weighted by atomic mass is 79.9. The molecule has 0 bridgehead atoms. The predicted octanol–water partition coefficient (Wildman–Crippen LogP) is 7.26. The highest BCUT2D eigenvalue weighted by Crippen LogP contribution is 2.32. The van der Waals surface area contributed by atoms with Crippen LogP contribution < -0.4 is 10.1 Å². The minimum absolute atomic E-state index is 0.245. The second kappa shape index (κ2) is 8.79.